The van der Waals surface area contributed by atoms with E-state index in [9.17, 15) is 4.79 Å². The summed E-state index contributed by atoms with van der Waals surface area (Å²) < 4.78 is 2.17. The summed E-state index contributed by atoms with van der Waals surface area (Å²) in [5, 5.41) is 12.6. The minimum atomic E-state index is -0.0131. The first kappa shape index (κ1) is 19.5. The fourth-order valence-corrected chi connectivity index (χ4v) is 3.41. The number of rotatable bonds is 8. The van der Waals surface area contributed by atoms with Gasteiger partial charge in [0.25, 0.3) is 5.91 Å². The summed E-state index contributed by atoms with van der Waals surface area (Å²) in [4.78, 5) is 12.1. The van der Waals surface area contributed by atoms with E-state index in [0.717, 1.165) is 29.7 Å². The van der Waals surface area contributed by atoms with Gasteiger partial charge < -0.3 is 9.88 Å². The minimum absolute atomic E-state index is 0.0131. The zero-order chi connectivity index (χ0) is 18.4. The molecular weight excluding hydrogens is 332 g/mol. The van der Waals surface area contributed by atoms with Crippen molar-refractivity contribution in [2.75, 3.05) is 0 Å². The van der Waals surface area contributed by atoms with E-state index in [-0.39, 0.29) is 11.9 Å². The van der Waals surface area contributed by atoms with Gasteiger partial charge in [0.15, 0.2) is 5.16 Å². The first-order chi connectivity index (χ1) is 12.0. The average Bonchev–Trinajstić information content (AvgIpc) is 3.03. The highest BCUT2D eigenvalue weighted by Gasteiger charge is 2.14. The molecule has 0 aliphatic rings. The van der Waals surface area contributed by atoms with Gasteiger partial charge in [-0.15, -0.1) is 10.2 Å². The standard InChI is InChI=1S/C19H28N4OS/c1-6-14(5)20-18(24)16-10-8-15(9-11-16)12-25-19-22-21-17(13(3)4)23(19)7-2/h8-11,13-14H,6-7,12H2,1-5H3,(H,20,24)/t14-/m1/s1. The van der Waals surface area contributed by atoms with Crippen LogP contribution in [0, 0.1) is 0 Å². The third-order valence-corrected chi connectivity index (χ3v) is 5.19. The molecule has 1 aromatic carbocycles. The Balaban J connectivity index is 1.99. The second-order valence-electron chi connectivity index (χ2n) is 6.51. The number of carbonyl (C=O) groups excluding carboxylic acids is 1. The number of carbonyl (C=O) groups is 1. The molecule has 0 aliphatic carbocycles. The summed E-state index contributed by atoms with van der Waals surface area (Å²) >= 11 is 1.68. The number of hydrogen-bond acceptors (Lipinski definition) is 4. The van der Waals surface area contributed by atoms with Crippen LogP contribution >= 0.6 is 11.8 Å². The highest BCUT2D eigenvalue weighted by atomic mass is 32.2. The summed E-state index contributed by atoms with van der Waals surface area (Å²) in [7, 11) is 0. The number of thioether (sulfide) groups is 1. The largest absolute Gasteiger partial charge is 0.350 e. The Morgan fingerprint density at radius 3 is 2.40 bits per heavy atom. The maximum atomic E-state index is 12.1. The maximum Gasteiger partial charge on any atom is 0.251 e. The number of nitrogens with zero attached hydrogens (tertiary/aromatic N) is 3. The first-order valence-electron chi connectivity index (χ1n) is 8.91. The average molecular weight is 361 g/mol. The summed E-state index contributed by atoms with van der Waals surface area (Å²) in [6, 6.07) is 7.98. The molecule has 1 amide bonds. The molecule has 0 unspecified atom stereocenters. The summed E-state index contributed by atoms with van der Waals surface area (Å²) in [5.41, 5.74) is 1.87. The topological polar surface area (TPSA) is 59.8 Å². The summed E-state index contributed by atoms with van der Waals surface area (Å²) in [6.45, 7) is 11.3. The Hall–Kier alpha value is -1.82. The third-order valence-electron chi connectivity index (χ3n) is 4.15. The molecular formula is C19H28N4OS. The van der Waals surface area contributed by atoms with Gasteiger partial charge in [0.1, 0.15) is 5.82 Å². The van der Waals surface area contributed by atoms with Crippen LogP contribution in [0.25, 0.3) is 0 Å². The van der Waals surface area contributed by atoms with Gasteiger partial charge in [-0.1, -0.05) is 44.7 Å². The number of hydrogen-bond donors (Lipinski definition) is 1. The van der Waals surface area contributed by atoms with Gasteiger partial charge in [-0.2, -0.15) is 0 Å². The van der Waals surface area contributed by atoms with E-state index in [4.69, 9.17) is 0 Å². The molecule has 136 valence electrons. The molecule has 25 heavy (non-hydrogen) atoms. The number of nitrogens with one attached hydrogen (secondary N) is 1. The monoisotopic (exact) mass is 360 g/mol. The number of aromatic nitrogens is 3. The Bertz CT molecular complexity index is 694. The quantitative estimate of drug-likeness (QED) is 0.715. The molecule has 5 nitrogen and oxygen atoms in total. The van der Waals surface area contributed by atoms with E-state index in [1.807, 2.05) is 31.2 Å². The highest BCUT2D eigenvalue weighted by molar-refractivity contribution is 7.98. The molecule has 1 aromatic heterocycles. The van der Waals surface area contributed by atoms with Crippen molar-refractivity contribution in [1.29, 1.82) is 0 Å². The summed E-state index contributed by atoms with van der Waals surface area (Å²) in [6.07, 6.45) is 0.928. The zero-order valence-corrected chi connectivity index (χ0v) is 16.6. The van der Waals surface area contributed by atoms with Crippen LogP contribution in [0.1, 0.15) is 68.7 Å². The van der Waals surface area contributed by atoms with Crippen LogP contribution in [0.5, 0.6) is 0 Å². The van der Waals surface area contributed by atoms with Gasteiger partial charge in [-0.25, -0.2) is 0 Å². The molecule has 0 fully saturated rings. The van der Waals surface area contributed by atoms with Crippen molar-refractivity contribution in [2.45, 2.75) is 70.5 Å². The first-order valence-corrected chi connectivity index (χ1v) is 9.90. The lowest BCUT2D eigenvalue weighted by atomic mass is 10.1. The fraction of sp³-hybridized carbons (Fsp3) is 0.526. The van der Waals surface area contributed by atoms with Crippen LogP contribution in [0.4, 0.5) is 0 Å². The van der Waals surface area contributed by atoms with Crippen molar-refractivity contribution in [2.24, 2.45) is 0 Å². The van der Waals surface area contributed by atoms with Gasteiger partial charge >= 0.3 is 0 Å². The van der Waals surface area contributed by atoms with Gasteiger partial charge in [-0.05, 0) is 38.0 Å². The van der Waals surface area contributed by atoms with Gasteiger partial charge in [-0.3, -0.25) is 4.79 Å². The third kappa shape index (κ3) is 5.08. The van der Waals surface area contributed by atoms with Crippen molar-refractivity contribution in [3.8, 4) is 0 Å². The van der Waals surface area contributed by atoms with E-state index < -0.39 is 0 Å². The zero-order valence-electron chi connectivity index (χ0n) is 15.7. The van der Waals surface area contributed by atoms with Crippen LogP contribution in [0.3, 0.4) is 0 Å². The van der Waals surface area contributed by atoms with Gasteiger partial charge in [0, 0.05) is 29.8 Å². The van der Waals surface area contributed by atoms with Crippen LogP contribution < -0.4 is 5.32 Å². The molecule has 0 saturated heterocycles. The number of amides is 1. The smallest absolute Gasteiger partial charge is 0.251 e. The second kappa shape index (κ2) is 9.04. The Labute approximate surface area is 154 Å². The maximum absolute atomic E-state index is 12.1. The fourth-order valence-electron chi connectivity index (χ4n) is 2.44. The molecule has 6 heteroatoms. The van der Waals surface area contributed by atoms with Crippen LogP contribution in [-0.4, -0.2) is 26.7 Å². The predicted octanol–water partition coefficient (Wildman–Crippen LogP) is 4.24. The molecule has 0 spiro atoms. The molecule has 2 rings (SSSR count). The van der Waals surface area contributed by atoms with Crippen molar-refractivity contribution in [3.05, 3.63) is 41.2 Å². The lowest BCUT2D eigenvalue weighted by Gasteiger charge is -2.11. The molecule has 0 saturated carbocycles. The molecule has 1 N–H and O–H groups in total. The van der Waals surface area contributed by atoms with E-state index in [0.29, 0.717) is 11.5 Å². The lowest BCUT2D eigenvalue weighted by molar-refractivity contribution is 0.0939. The highest BCUT2D eigenvalue weighted by Crippen LogP contribution is 2.24. The van der Waals surface area contributed by atoms with Crippen molar-refractivity contribution in [1.82, 2.24) is 20.1 Å². The van der Waals surface area contributed by atoms with Crippen LogP contribution in [0.2, 0.25) is 0 Å². The molecule has 0 aliphatic heterocycles. The normalized spacial score (nSPS) is 12.4. The van der Waals surface area contributed by atoms with Gasteiger partial charge in [0.05, 0.1) is 0 Å². The Morgan fingerprint density at radius 1 is 1.16 bits per heavy atom. The Kier molecular flexibility index (Phi) is 7.05. The van der Waals surface area contributed by atoms with Gasteiger partial charge in [0.2, 0.25) is 0 Å². The van der Waals surface area contributed by atoms with E-state index in [2.05, 4.69) is 47.8 Å². The second-order valence-corrected chi connectivity index (χ2v) is 7.45. The lowest BCUT2D eigenvalue weighted by Crippen LogP contribution is -2.31. The van der Waals surface area contributed by atoms with Crippen molar-refractivity contribution >= 4 is 17.7 Å². The van der Waals surface area contributed by atoms with E-state index >= 15 is 0 Å². The van der Waals surface area contributed by atoms with E-state index in [1.54, 1.807) is 11.8 Å². The molecule has 2 aromatic rings. The molecule has 0 radical (unpaired) electrons. The predicted molar refractivity (Wildman–Crippen MR) is 103 cm³/mol. The minimum Gasteiger partial charge on any atom is -0.350 e. The van der Waals surface area contributed by atoms with E-state index in [1.165, 1.54) is 5.56 Å². The molecule has 1 heterocycles. The van der Waals surface area contributed by atoms with Crippen LogP contribution in [-0.2, 0) is 12.3 Å². The van der Waals surface area contributed by atoms with Crippen LogP contribution in [0.15, 0.2) is 29.4 Å². The SMILES string of the molecule is CC[C@@H](C)NC(=O)c1ccc(CSc2nnc(C(C)C)n2CC)cc1. The van der Waals surface area contributed by atoms with Crippen molar-refractivity contribution in [3.63, 3.8) is 0 Å². The summed E-state index contributed by atoms with van der Waals surface area (Å²) in [5.74, 6) is 2.19. The van der Waals surface area contributed by atoms with Crippen molar-refractivity contribution < 1.29 is 4.79 Å². The Morgan fingerprint density at radius 2 is 1.84 bits per heavy atom. The molecule has 0 bridgehead atoms. The molecule has 1 atom stereocenters. The number of benzene rings is 1.